The predicted molar refractivity (Wildman–Crippen MR) is 104 cm³/mol. The summed E-state index contributed by atoms with van der Waals surface area (Å²) in [7, 11) is 0.814. The molecule has 1 aliphatic heterocycles. The van der Waals surface area contributed by atoms with Crippen molar-refractivity contribution in [3.8, 4) is 11.5 Å². The molecule has 1 fully saturated rings. The van der Waals surface area contributed by atoms with Crippen LogP contribution in [-0.4, -0.2) is 44.6 Å². The number of rotatable bonds is 8. The number of hydrogen-bond acceptors (Lipinski definition) is 6. The van der Waals surface area contributed by atoms with Crippen molar-refractivity contribution in [2.45, 2.75) is 65.0 Å². The molecule has 0 aromatic heterocycles. The van der Waals surface area contributed by atoms with Gasteiger partial charge in [0, 0.05) is 5.82 Å². The average Bonchev–Trinajstić information content (AvgIpc) is 2.82. The van der Waals surface area contributed by atoms with E-state index in [1.807, 2.05) is 59.7 Å². The van der Waals surface area contributed by atoms with Crippen molar-refractivity contribution in [3.05, 3.63) is 23.8 Å². The van der Waals surface area contributed by atoms with E-state index in [1.54, 1.807) is 0 Å². The highest BCUT2D eigenvalue weighted by atomic mass is 16.7. The molecule has 0 spiro atoms. The Morgan fingerprint density at radius 2 is 1.59 bits per heavy atom. The first-order chi connectivity index (χ1) is 12.6. The van der Waals surface area contributed by atoms with Gasteiger partial charge in [-0.1, -0.05) is 6.07 Å². The highest BCUT2D eigenvalue weighted by Crippen LogP contribution is 2.43. The van der Waals surface area contributed by atoms with Gasteiger partial charge in [0.25, 0.3) is 0 Å². The van der Waals surface area contributed by atoms with E-state index in [1.165, 1.54) is 7.11 Å². The maximum absolute atomic E-state index is 12.1. The molecule has 1 aromatic carbocycles. The zero-order chi connectivity index (χ0) is 20.2. The Hall–Kier alpha value is -1.73. The monoisotopic (exact) mass is 378 g/mol. The average molecular weight is 378 g/mol. The molecule has 0 aliphatic carbocycles. The van der Waals surface area contributed by atoms with Crippen molar-refractivity contribution in [2.75, 3.05) is 20.3 Å². The topological polar surface area (TPSA) is 63.2 Å². The van der Waals surface area contributed by atoms with Gasteiger partial charge in [0.1, 0.15) is 0 Å². The van der Waals surface area contributed by atoms with Gasteiger partial charge < -0.3 is 23.5 Å². The van der Waals surface area contributed by atoms with Crippen molar-refractivity contribution in [2.24, 2.45) is 0 Å². The molecule has 7 heteroatoms. The highest BCUT2D eigenvalue weighted by molar-refractivity contribution is 6.48. The molecule has 1 aliphatic rings. The van der Waals surface area contributed by atoms with E-state index in [-0.39, 0.29) is 18.2 Å². The lowest BCUT2D eigenvalue weighted by Gasteiger charge is -2.32. The molecule has 1 heterocycles. The predicted octanol–water partition coefficient (Wildman–Crippen LogP) is 3.76. The molecule has 1 saturated heterocycles. The third kappa shape index (κ3) is 4.77. The molecule has 150 valence electrons. The van der Waals surface area contributed by atoms with Crippen LogP contribution in [0.4, 0.5) is 0 Å². The lowest BCUT2D eigenvalue weighted by molar-refractivity contribution is -0.140. The van der Waals surface area contributed by atoms with E-state index in [0.29, 0.717) is 24.7 Å². The second-order valence-electron chi connectivity index (χ2n) is 7.58. The summed E-state index contributed by atoms with van der Waals surface area (Å²) >= 11 is 0. The quantitative estimate of drug-likeness (QED) is 0.507. The van der Waals surface area contributed by atoms with Crippen molar-refractivity contribution in [3.63, 3.8) is 0 Å². The summed E-state index contributed by atoms with van der Waals surface area (Å²) in [5.74, 6) is 0.673. The third-order valence-electron chi connectivity index (χ3n) is 5.21. The number of benzene rings is 1. The molecular formula is C20H31BO6. The molecule has 0 radical (unpaired) electrons. The summed E-state index contributed by atoms with van der Waals surface area (Å²) in [4.78, 5) is 12.1. The van der Waals surface area contributed by atoms with Crippen LogP contribution in [0.3, 0.4) is 0 Å². The summed E-state index contributed by atoms with van der Waals surface area (Å²) < 4.78 is 28.7. The summed E-state index contributed by atoms with van der Waals surface area (Å²) in [6, 6.07) is 5.68. The van der Waals surface area contributed by atoms with Gasteiger partial charge in [0.05, 0.1) is 37.9 Å². The van der Waals surface area contributed by atoms with Crippen LogP contribution in [0.5, 0.6) is 11.5 Å². The maximum atomic E-state index is 12.1. The van der Waals surface area contributed by atoms with Crippen LogP contribution >= 0.6 is 0 Å². The Balaban J connectivity index is 2.40. The summed E-state index contributed by atoms with van der Waals surface area (Å²) in [5, 5.41) is 0. The van der Waals surface area contributed by atoms with Crippen molar-refractivity contribution >= 4 is 13.1 Å². The van der Waals surface area contributed by atoms with Gasteiger partial charge in [-0.15, -0.1) is 0 Å². The maximum Gasteiger partial charge on any atom is 0.466 e. The third-order valence-corrected chi connectivity index (χ3v) is 5.21. The Morgan fingerprint density at radius 3 is 2.11 bits per heavy atom. The Kier molecular flexibility index (Phi) is 6.81. The minimum atomic E-state index is -0.568. The molecule has 0 saturated carbocycles. The summed E-state index contributed by atoms with van der Waals surface area (Å²) in [5.41, 5.74) is -0.0918. The smallest absolute Gasteiger partial charge is 0.466 e. The number of methoxy groups -OCH3 is 1. The van der Waals surface area contributed by atoms with E-state index in [4.69, 9.17) is 23.5 Å². The number of esters is 1. The Labute approximate surface area is 162 Å². The molecule has 0 bridgehead atoms. The van der Waals surface area contributed by atoms with Gasteiger partial charge in [-0.2, -0.15) is 0 Å². The molecule has 6 nitrogen and oxygen atoms in total. The fourth-order valence-electron chi connectivity index (χ4n) is 2.99. The fraction of sp³-hybridized carbons (Fsp3) is 0.650. The first-order valence-electron chi connectivity index (χ1n) is 9.47. The summed E-state index contributed by atoms with van der Waals surface area (Å²) in [6.45, 7) is 12.9. The van der Waals surface area contributed by atoms with E-state index >= 15 is 0 Å². The van der Waals surface area contributed by atoms with Crippen LogP contribution in [0, 0.1) is 0 Å². The molecule has 1 unspecified atom stereocenters. The van der Waals surface area contributed by atoms with Crippen LogP contribution in [0.2, 0.25) is 0 Å². The van der Waals surface area contributed by atoms with Crippen LogP contribution in [0.15, 0.2) is 18.2 Å². The minimum absolute atomic E-state index is 0.146. The zero-order valence-corrected chi connectivity index (χ0v) is 17.5. The van der Waals surface area contributed by atoms with Crippen molar-refractivity contribution in [1.82, 2.24) is 0 Å². The van der Waals surface area contributed by atoms with Crippen LogP contribution < -0.4 is 9.47 Å². The van der Waals surface area contributed by atoms with Crippen LogP contribution in [0.25, 0.3) is 0 Å². The lowest BCUT2D eigenvalue weighted by atomic mass is 9.66. The number of carbonyl (C=O) groups excluding carboxylic acids is 1. The second kappa shape index (κ2) is 8.53. The normalized spacial score (nSPS) is 18.9. The van der Waals surface area contributed by atoms with E-state index in [2.05, 4.69) is 0 Å². The van der Waals surface area contributed by atoms with E-state index in [9.17, 15) is 4.79 Å². The first-order valence-corrected chi connectivity index (χ1v) is 9.47. The van der Waals surface area contributed by atoms with Crippen molar-refractivity contribution < 1.29 is 28.3 Å². The van der Waals surface area contributed by atoms with Gasteiger partial charge in [-0.25, -0.2) is 0 Å². The number of ether oxygens (including phenoxy) is 3. The number of hydrogen-bond donors (Lipinski definition) is 0. The standard InChI is InChI=1S/C20H31BO6/c1-8-24-16-11-10-14(12-17(16)25-9-2)15(13-18(22)23-7)21-26-19(3,4)20(5,6)27-21/h10-12,15H,8-9,13H2,1-7H3. The molecule has 0 N–H and O–H groups in total. The molecular weight excluding hydrogens is 347 g/mol. The van der Waals surface area contributed by atoms with Gasteiger partial charge in [0.15, 0.2) is 11.5 Å². The SMILES string of the molecule is CCOc1ccc(C(CC(=O)OC)B2OC(C)(C)C(C)(C)O2)cc1OCC. The minimum Gasteiger partial charge on any atom is -0.490 e. The van der Waals surface area contributed by atoms with E-state index in [0.717, 1.165) is 5.56 Å². The zero-order valence-electron chi connectivity index (χ0n) is 17.5. The molecule has 27 heavy (non-hydrogen) atoms. The van der Waals surface area contributed by atoms with Gasteiger partial charge in [0.2, 0.25) is 0 Å². The first kappa shape index (κ1) is 21.6. The Morgan fingerprint density at radius 1 is 1.04 bits per heavy atom. The van der Waals surface area contributed by atoms with Gasteiger partial charge in [-0.3, -0.25) is 4.79 Å². The van der Waals surface area contributed by atoms with Crippen molar-refractivity contribution in [1.29, 1.82) is 0 Å². The summed E-state index contributed by atoms with van der Waals surface area (Å²) in [6.07, 6.45) is 0.146. The van der Waals surface area contributed by atoms with Crippen LogP contribution in [0.1, 0.15) is 59.3 Å². The van der Waals surface area contributed by atoms with Gasteiger partial charge >= 0.3 is 13.1 Å². The largest absolute Gasteiger partial charge is 0.490 e. The number of carbonyl (C=O) groups is 1. The molecule has 2 rings (SSSR count). The highest BCUT2D eigenvalue weighted by Gasteiger charge is 2.54. The van der Waals surface area contributed by atoms with Gasteiger partial charge in [-0.05, 0) is 59.2 Å². The lowest BCUT2D eigenvalue weighted by Crippen LogP contribution is -2.41. The van der Waals surface area contributed by atoms with E-state index < -0.39 is 18.3 Å². The molecule has 0 amide bonds. The molecule has 1 atom stereocenters. The second-order valence-corrected chi connectivity index (χ2v) is 7.58. The van der Waals surface area contributed by atoms with Crippen LogP contribution in [-0.2, 0) is 18.8 Å². The Bertz CT molecular complexity index is 642. The molecule has 1 aromatic rings. The fourth-order valence-corrected chi connectivity index (χ4v) is 2.99.